The molecule has 114 valence electrons. The van der Waals surface area contributed by atoms with Crippen molar-refractivity contribution in [2.75, 3.05) is 20.3 Å². The van der Waals surface area contributed by atoms with Crippen LogP contribution in [0, 0.1) is 0 Å². The molecule has 0 aliphatic rings. The third-order valence-electron chi connectivity index (χ3n) is 2.51. The summed E-state index contributed by atoms with van der Waals surface area (Å²) in [6.07, 6.45) is 0. The van der Waals surface area contributed by atoms with Gasteiger partial charge in [0.05, 0.1) is 19.3 Å². The van der Waals surface area contributed by atoms with E-state index < -0.39 is 37.0 Å². The molecule has 21 heavy (non-hydrogen) atoms. The van der Waals surface area contributed by atoms with Crippen molar-refractivity contribution in [2.45, 2.75) is 6.04 Å². The number of esters is 1. The van der Waals surface area contributed by atoms with Gasteiger partial charge in [-0.2, -0.15) is 0 Å². The van der Waals surface area contributed by atoms with Gasteiger partial charge in [-0.1, -0.05) is 12.1 Å². The maximum Gasteiger partial charge on any atom is 0.330 e. The lowest BCUT2D eigenvalue weighted by Gasteiger charge is -2.14. The molecule has 1 rings (SSSR count). The van der Waals surface area contributed by atoms with Crippen molar-refractivity contribution in [1.29, 1.82) is 0 Å². The van der Waals surface area contributed by atoms with Gasteiger partial charge in [0.1, 0.15) is 5.75 Å². The average Bonchev–Trinajstić information content (AvgIpc) is 2.49. The number of primary amides is 1. The van der Waals surface area contributed by atoms with E-state index in [4.69, 9.17) is 15.6 Å². The van der Waals surface area contributed by atoms with E-state index in [9.17, 15) is 14.4 Å². The zero-order valence-corrected chi connectivity index (χ0v) is 11.4. The standard InChI is InChI=1S/C13H16N2O6/c1-20-13(19)9(6-16)15-11(17)7-21-10-5-3-2-4-8(10)12(14)18/h2-5,9,16H,6-7H2,1H3,(H2,14,18)(H,15,17). The average molecular weight is 296 g/mol. The van der Waals surface area contributed by atoms with Crippen LogP contribution in [0.2, 0.25) is 0 Å². The first kappa shape index (κ1) is 16.4. The summed E-state index contributed by atoms with van der Waals surface area (Å²) in [7, 11) is 1.14. The highest BCUT2D eigenvalue weighted by molar-refractivity contribution is 5.95. The van der Waals surface area contributed by atoms with Crippen LogP contribution in [0.25, 0.3) is 0 Å². The number of rotatable bonds is 7. The van der Waals surface area contributed by atoms with Crippen LogP contribution in [-0.2, 0) is 14.3 Å². The summed E-state index contributed by atoms with van der Waals surface area (Å²) in [5.41, 5.74) is 5.30. The van der Waals surface area contributed by atoms with Crippen LogP contribution in [0.5, 0.6) is 5.75 Å². The molecule has 0 heterocycles. The number of para-hydroxylation sites is 1. The molecule has 2 amide bonds. The van der Waals surface area contributed by atoms with Crippen LogP contribution >= 0.6 is 0 Å². The molecule has 0 fully saturated rings. The van der Waals surface area contributed by atoms with Gasteiger partial charge in [-0.25, -0.2) is 4.79 Å². The quantitative estimate of drug-likeness (QED) is 0.543. The van der Waals surface area contributed by atoms with Gasteiger partial charge in [0.25, 0.3) is 11.8 Å². The van der Waals surface area contributed by atoms with Crippen molar-refractivity contribution in [1.82, 2.24) is 5.32 Å². The van der Waals surface area contributed by atoms with Gasteiger partial charge in [0.15, 0.2) is 12.6 Å². The van der Waals surface area contributed by atoms with E-state index in [0.29, 0.717) is 0 Å². The van der Waals surface area contributed by atoms with Crippen LogP contribution in [0.4, 0.5) is 0 Å². The molecule has 0 bridgehead atoms. The number of aliphatic hydroxyl groups is 1. The maximum atomic E-state index is 11.6. The SMILES string of the molecule is COC(=O)C(CO)NC(=O)COc1ccccc1C(N)=O. The Kier molecular flexibility index (Phi) is 6.15. The molecule has 8 nitrogen and oxygen atoms in total. The van der Waals surface area contributed by atoms with Crippen LogP contribution in [0.1, 0.15) is 10.4 Å². The van der Waals surface area contributed by atoms with Crippen LogP contribution < -0.4 is 15.8 Å². The fourth-order valence-electron chi connectivity index (χ4n) is 1.50. The van der Waals surface area contributed by atoms with Crippen LogP contribution in [-0.4, -0.2) is 49.3 Å². The predicted molar refractivity (Wildman–Crippen MR) is 71.5 cm³/mol. The fourth-order valence-corrected chi connectivity index (χ4v) is 1.50. The Hall–Kier alpha value is -2.61. The minimum absolute atomic E-state index is 0.136. The van der Waals surface area contributed by atoms with E-state index in [2.05, 4.69) is 10.1 Å². The number of hydrogen-bond donors (Lipinski definition) is 3. The summed E-state index contributed by atoms with van der Waals surface area (Å²) in [5.74, 6) is -1.96. The molecule has 1 atom stereocenters. The molecular weight excluding hydrogens is 280 g/mol. The van der Waals surface area contributed by atoms with Gasteiger partial charge >= 0.3 is 5.97 Å². The highest BCUT2D eigenvalue weighted by atomic mass is 16.5. The van der Waals surface area contributed by atoms with Crippen molar-refractivity contribution in [3.8, 4) is 5.75 Å². The molecule has 0 saturated carbocycles. The summed E-state index contributed by atoms with van der Waals surface area (Å²) in [6.45, 7) is -1.05. The number of aliphatic hydroxyl groups excluding tert-OH is 1. The minimum Gasteiger partial charge on any atom is -0.483 e. The van der Waals surface area contributed by atoms with Crippen LogP contribution in [0.15, 0.2) is 24.3 Å². The minimum atomic E-state index is -1.17. The number of methoxy groups -OCH3 is 1. The second kappa shape index (κ2) is 7.85. The number of nitrogens with two attached hydrogens (primary N) is 1. The molecular formula is C13H16N2O6. The normalized spacial score (nSPS) is 11.3. The molecule has 4 N–H and O–H groups in total. The van der Waals surface area contributed by atoms with E-state index >= 15 is 0 Å². The summed E-state index contributed by atoms with van der Waals surface area (Å²) in [4.78, 5) is 34.0. The van der Waals surface area contributed by atoms with Gasteiger partial charge in [0.2, 0.25) is 0 Å². The summed E-state index contributed by atoms with van der Waals surface area (Å²) in [5, 5.41) is 11.2. The van der Waals surface area contributed by atoms with Crippen molar-refractivity contribution >= 4 is 17.8 Å². The van der Waals surface area contributed by atoms with Gasteiger partial charge in [0, 0.05) is 0 Å². The molecule has 0 saturated heterocycles. The zero-order valence-electron chi connectivity index (χ0n) is 11.4. The van der Waals surface area contributed by atoms with Gasteiger partial charge in [-0.3, -0.25) is 9.59 Å². The van der Waals surface area contributed by atoms with E-state index in [1.54, 1.807) is 12.1 Å². The van der Waals surface area contributed by atoms with E-state index in [0.717, 1.165) is 7.11 Å². The first-order chi connectivity index (χ1) is 9.99. The molecule has 1 unspecified atom stereocenters. The number of benzene rings is 1. The van der Waals surface area contributed by atoms with Crippen molar-refractivity contribution < 1.29 is 29.0 Å². The molecule has 0 spiro atoms. The largest absolute Gasteiger partial charge is 0.483 e. The number of hydrogen-bond acceptors (Lipinski definition) is 6. The number of carbonyl (C=O) groups excluding carboxylic acids is 3. The number of carbonyl (C=O) groups is 3. The molecule has 8 heteroatoms. The van der Waals surface area contributed by atoms with Gasteiger partial charge < -0.3 is 25.6 Å². The summed E-state index contributed by atoms with van der Waals surface area (Å²) in [6, 6.07) is 4.99. The maximum absolute atomic E-state index is 11.6. The Labute approximate surface area is 120 Å². The van der Waals surface area contributed by atoms with Crippen molar-refractivity contribution in [3.63, 3.8) is 0 Å². The summed E-state index contributed by atoms with van der Waals surface area (Å²) < 4.78 is 9.57. The second-order valence-corrected chi connectivity index (χ2v) is 3.97. The summed E-state index contributed by atoms with van der Waals surface area (Å²) >= 11 is 0. The predicted octanol–water partition coefficient (Wildman–Crippen LogP) is -1.19. The highest BCUT2D eigenvalue weighted by Gasteiger charge is 2.20. The molecule has 1 aromatic carbocycles. The topological polar surface area (TPSA) is 128 Å². The molecule has 0 radical (unpaired) electrons. The number of amides is 2. The second-order valence-electron chi connectivity index (χ2n) is 3.97. The Morgan fingerprint density at radius 2 is 2.00 bits per heavy atom. The lowest BCUT2D eigenvalue weighted by atomic mass is 10.2. The smallest absolute Gasteiger partial charge is 0.330 e. The van der Waals surface area contributed by atoms with Gasteiger partial charge in [-0.05, 0) is 12.1 Å². The van der Waals surface area contributed by atoms with Crippen LogP contribution in [0.3, 0.4) is 0 Å². The zero-order chi connectivity index (χ0) is 15.8. The molecule has 0 aliphatic carbocycles. The first-order valence-corrected chi connectivity index (χ1v) is 5.99. The molecule has 0 aliphatic heterocycles. The monoisotopic (exact) mass is 296 g/mol. The number of nitrogens with one attached hydrogen (secondary N) is 1. The lowest BCUT2D eigenvalue weighted by molar-refractivity contribution is -0.146. The van der Waals surface area contributed by atoms with E-state index in [-0.39, 0.29) is 11.3 Å². The Morgan fingerprint density at radius 1 is 1.33 bits per heavy atom. The van der Waals surface area contributed by atoms with Crippen molar-refractivity contribution in [3.05, 3.63) is 29.8 Å². The molecule has 0 aromatic heterocycles. The lowest BCUT2D eigenvalue weighted by Crippen LogP contribution is -2.45. The third-order valence-corrected chi connectivity index (χ3v) is 2.51. The first-order valence-electron chi connectivity index (χ1n) is 5.99. The fraction of sp³-hybridized carbons (Fsp3) is 0.308. The van der Waals surface area contributed by atoms with E-state index in [1.807, 2.05) is 0 Å². The highest BCUT2D eigenvalue weighted by Crippen LogP contribution is 2.16. The Balaban J connectivity index is 2.61. The third kappa shape index (κ3) is 4.77. The van der Waals surface area contributed by atoms with Crippen molar-refractivity contribution in [2.24, 2.45) is 5.73 Å². The van der Waals surface area contributed by atoms with Gasteiger partial charge in [-0.15, -0.1) is 0 Å². The molecule has 1 aromatic rings. The number of ether oxygens (including phenoxy) is 2. The van der Waals surface area contributed by atoms with E-state index in [1.165, 1.54) is 12.1 Å². The Bertz CT molecular complexity index is 531. The Morgan fingerprint density at radius 3 is 2.57 bits per heavy atom.